The Morgan fingerprint density at radius 1 is 1.12 bits per heavy atom. The van der Waals surface area contributed by atoms with Crippen LogP contribution in [0.15, 0.2) is 47.8 Å². The summed E-state index contributed by atoms with van der Waals surface area (Å²) in [7, 11) is -3.94. The number of fused-ring (bicyclic) bond motifs is 1. The van der Waals surface area contributed by atoms with E-state index in [9.17, 15) is 12.8 Å². The standard InChI is InChI=1S/C16H16FN5O2S/c17-12-2-1-3-13(10-12)25(23,24)22-11-20-15-14(22)4-5-19-16(15)21-8-6-18-7-9-21/h1-5,10-11,18H,6-9H2. The Bertz CT molecular complexity index is 1030. The molecule has 2 aromatic heterocycles. The molecule has 0 radical (unpaired) electrons. The quantitative estimate of drug-likeness (QED) is 0.756. The number of hydrogen-bond acceptors (Lipinski definition) is 6. The van der Waals surface area contributed by atoms with Crippen LogP contribution in [-0.2, 0) is 10.0 Å². The van der Waals surface area contributed by atoms with Gasteiger partial charge in [0.2, 0.25) is 0 Å². The zero-order valence-electron chi connectivity index (χ0n) is 13.3. The van der Waals surface area contributed by atoms with Crippen molar-refractivity contribution >= 4 is 26.9 Å². The number of imidazole rings is 1. The molecule has 25 heavy (non-hydrogen) atoms. The minimum Gasteiger partial charge on any atom is -0.352 e. The summed E-state index contributed by atoms with van der Waals surface area (Å²) in [5.74, 6) is 0.0564. The minimum absolute atomic E-state index is 0.118. The Kier molecular flexibility index (Phi) is 3.89. The second-order valence-electron chi connectivity index (χ2n) is 5.74. The lowest BCUT2D eigenvalue weighted by Gasteiger charge is -2.28. The van der Waals surface area contributed by atoms with Crippen LogP contribution in [0.1, 0.15) is 0 Å². The Morgan fingerprint density at radius 3 is 2.68 bits per heavy atom. The lowest BCUT2D eigenvalue weighted by molar-refractivity contribution is 0.584. The maximum Gasteiger partial charge on any atom is 0.269 e. The van der Waals surface area contributed by atoms with Crippen molar-refractivity contribution in [1.82, 2.24) is 19.3 Å². The summed E-state index contributed by atoms with van der Waals surface area (Å²) >= 11 is 0. The summed E-state index contributed by atoms with van der Waals surface area (Å²) < 4.78 is 40.2. The first kappa shape index (κ1) is 16.0. The normalized spacial score (nSPS) is 15.6. The smallest absolute Gasteiger partial charge is 0.269 e. The summed E-state index contributed by atoms with van der Waals surface area (Å²) in [5.41, 5.74) is 0.942. The van der Waals surface area contributed by atoms with E-state index in [1.54, 1.807) is 12.3 Å². The fraction of sp³-hybridized carbons (Fsp3) is 0.250. The summed E-state index contributed by atoms with van der Waals surface area (Å²) in [4.78, 5) is 10.6. The van der Waals surface area contributed by atoms with Crippen molar-refractivity contribution in [3.8, 4) is 0 Å². The second-order valence-corrected chi connectivity index (χ2v) is 7.56. The van der Waals surface area contributed by atoms with Crippen LogP contribution >= 0.6 is 0 Å². The first-order valence-electron chi connectivity index (χ1n) is 7.86. The topological polar surface area (TPSA) is 80.1 Å². The van der Waals surface area contributed by atoms with Crippen molar-refractivity contribution in [3.05, 3.63) is 48.7 Å². The molecule has 0 unspecified atom stereocenters. The highest BCUT2D eigenvalue weighted by Crippen LogP contribution is 2.26. The molecule has 4 rings (SSSR count). The maximum absolute atomic E-state index is 13.4. The van der Waals surface area contributed by atoms with Crippen molar-refractivity contribution in [2.45, 2.75) is 4.90 Å². The molecule has 130 valence electrons. The average Bonchev–Trinajstić information content (AvgIpc) is 3.07. The average molecular weight is 361 g/mol. The summed E-state index contributed by atoms with van der Waals surface area (Å²) in [6, 6.07) is 6.54. The van der Waals surface area contributed by atoms with Crippen molar-refractivity contribution in [2.24, 2.45) is 0 Å². The number of nitrogens with zero attached hydrogens (tertiary/aromatic N) is 4. The number of aromatic nitrogens is 3. The van der Waals surface area contributed by atoms with E-state index in [0.717, 1.165) is 36.2 Å². The fourth-order valence-electron chi connectivity index (χ4n) is 2.95. The van der Waals surface area contributed by atoms with Crippen LogP contribution in [0.3, 0.4) is 0 Å². The first-order chi connectivity index (χ1) is 12.1. The van der Waals surface area contributed by atoms with Crippen molar-refractivity contribution in [3.63, 3.8) is 0 Å². The highest BCUT2D eigenvalue weighted by molar-refractivity contribution is 7.90. The Labute approximate surface area is 144 Å². The third kappa shape index (κ3) is 2.75. The van der Waals surface area contributed by atoms with Gasteiger partial charge >= 0.3 is 0 Å². The van der Waals surface area contributed by atoms with Gasteiger partial charge in [-0.3, -0.25) is 0 Å². The number of nitrogens with one attached hydrogen (secondary N) is 1. The van der Waals surface area contributed by atoms with Gasteiger partial charge in [0.1, 0.15) is 17.7 Å². The molecule has 1 aromatic carbocycles. The van der Waals surface area contributed by atoms with Gasteiger partial charge in [-0.25, -0.2) is 26.7 Å². The van der Waals surface area contributed by atoms with Crippen molar-refractivity contribution < 1.29 is 12.8 Å². The zero-order chi connectivity index (χ0) is 17.4. The van der Waals surface area contributed by atoms with E-state index < -0.39 is 15.8 Å². The third-order valence-corrected chi connectivity index (χ3v) is 5.84. The number of benzene rings is 1. The molecular weight excluding hydrogens is 345 g/mol. The maximum atomic E-state index is 13.4. The predicted octanol–water partition coefficient (Wildman–Crippen LogP) is 1.22. The van der Waals surface area contributed by atoms with Crippen LogP contribution in [0.25, 0.3) is 11.0 Å². The molecule has 0 spiro atoms. The van der Waals surface area contributed by atoms with Crippen molar-refractivity contribution in [2.75, 3.05) is 31.1 Å². The third-order valence-electron chi connectivity index (χ3n) is 4.18. The van der Waals surface area contributed by atoms with Crippen LogP contribution in [0, 0.1) is 5.82 Å². The molecule has 0 bridgehead atoms. The number of hydrogen-bond donors (Lipinski definition) is 1. The highest BCUT2D eigenvalue weighted by Gasteiger charge is 2.23. The van der Waals surface area contributed by atoms with Crippen LogP contribution in [-0.4, -0.2) is 48.5 Å². The van der Waals surface area contributed by atoms with Gasteiger partial charge in [0.25, 0.3) is 10.0 Å². The molecule has 1 saturated heterocycles. The van der Waals surface area contributed by atoms with E-state index in [1.807, 2.05) is 0 Å². The fourth-order valence-corrected chi connectivity index (χ4v) is 4.26. The van der Waals surface area contributed by atoms with Crippen molar-refractivity contribution in [1.29, 1.82) is 0 Å². The van der Waals surface area contributed by atoms with Gasteiger partial charge < -0.3 is 10.2 Å². The first-order valence-corrected chi connectivity index (χ1v) is 9.30. The van der Waals surface area contributed by atoms with Gasteiger partial charge in [-0.1, -0.05) is 6.07 Å². The minimum atomic E-state index is -3.94. The molecule has 1 aliphatic heterocycles. The predicted molar refractivity (Wildman–Crippen MR) is 91.6 cm³/mol. The summed E-state index contributed by atoms with van der Waals surface area (Å²) in [6.45, 7) is 3.21. The van der Waals surface area contributed by atoms with E-state index >= 15 is 0 Å². The Morgan fingerprint density at radius 2 is 1.92 bits per heavy atom. The van der Waals surface area contributed by atoms with E-state index in [1.165, 1.54) is 24.5 Å². The lowest BCUT2D eigenvalue weighted by atomic mass is 10.3. The molecule has 0 saturated carbocycles. The SMILES string of the molecule is O=S(=O)(c1cccc(F)c1)n1cnc2c(N3CCNCC3)nccc21. The monoisotopic (exact) mass is 361 g/mol. The second kappa shape index (κ2) is 6.08. The molecule has 9 heteroatoms. The summed E-state index contributed by atoms with van der Waals surface area (Å²) in [5, 5.41) is 3.26. The number of anilines is 1. The van der Waals surface area contributed by atoms with Gasteiger partial charge in [-0.2, -0.15) is 0 Å². The van der Waals surface area contributed by atoms with Gasteiger partial charge in [-0.05, 0) is 24.3 Å². The van der Waals surface area contributed by atoms with Gasteiger partial charge in [0, 0.05) is 32.4 Å². The van der Waals surface area contributed by atoms with Crippen LogP contribution in [0.5, 0.6) is 0 Å². The molecule has 3 aromatic rings. The molecule has 3 heterocycles. The zero-order valence-corrected chi connectivity index (χ0v) is 14.1. The van der Waals surface area contributed by atoms with Crippen LogP contribution in [0.4, 0.5) is 10.2 Å². The number of pyridine rings is 1. The Balaban J connectivity index is 1.84. The van der Waals surface area contributed by atoms with E-state index in [0.29, 0.717) is 16.9 Å². The lowest BCUT2D eigenvalue weighted by Crippen LogP contribution is -2.44. The highest BCUT2D eigenvalue weighted by atomic mass is 32.2. The molecule has 1 aliphatic rings. The molecule has 1 fully saturated rings. The largest absolute Gasteiger partial charge is 0.352 e. The van der Waals surface area contributed by atoms with Gasteiger partial charge in [-0.15, -0.1) is 0 Å². The van der Waals surface area contributed by atoms with E-state index in [-0.39, 0.29) is 4.90 Å². The summed E-state index contributed by atoms with van der Waals surface area (Å²) in [6.07, 6.45) is 2.82. The number of piperazine rings is 1. The van der Waals surface area contributed by atoms with Crippen LogP contribution in [0.2, 0.25) is 0 Å². The Hall–Kier alpha value is -2.52. The molecule has 7 nitrogen and oxygen atoms in total. The number of rotatable bonds is 3. The van der Waals surface area contributed by atoms with E-state index in [4.69, 9.17) is 0 Å². The molecule has 0 atom stereocenters. The van der Waals surface area contributed by atoms with Gasteiger partial charge in [0.15, 0.2) is 5.82 Å². The molecular formula is C16H16FN5O2S. The molecule has 0 aliphatic carbocycles. The van der Waals surface area contributed by atoms with E-state index in [2.05, 4.69) is 20.2 Å². The molecule has 0 amide bonds. The number of halogens is 1. The molecule has 1 N–H and O–H groups in total. The van der Waals surface area contributed by atoms with Gasteiger partial charge in [0.05, 0.1) is 10.4 Å². The van der Waals surface area contributed by atoms with Crippen LogP contribution < -0.4 is 10.2 Å².